The minimum atomic E-state index is -4.55. The molecule has 28 heavy (non-hydrogen) atoms. The lowest BCUT2D eigenvalue weighted by Gasteiger charge is -2.13. The summed E-state index contributed by atoms with van der Waals surface area (Å²) in [5, 5.41) is 12.3. The molecule has 3 aromatic rings. The van der Waals surface area contributed by atoms with E-state index in [0.717, 1.165) is 22.7 Å². The highest BCUT2D eigenvalue weighted by Crippen LogP contribution is 2.35. The van der Waals surface area contributed by atoms with Gasteiger partial charge < -0.3 is 15.2 Å². The number of aliphatic hydroxyl groups is 1. The average Bonchev–Trinajstić information content (AvgIpc) is 2.98. The number of alkyl halides is 3. The molecule has 0 amide bonds. The predicted molar refractivity (Wildman–Crippen MR) is 99.9 cm³/mol. The number of hydrogen-bond donors (Lipinski definition) is 2. The number of ether oxygens (including phenoxy) is 1. The van der Waals surface area contributed by atoms with Crippen LogP contribution in [-0.2, 0) is 6.18 Å². The Morgan fingerprint density at radius 2 is 1.96 bits per heavy atom. The van der Waals surface area contributed by atoms with Crippen LogP contribution in [0, 0.1) is 13.8 Å². The second-order valence-electron chi connectivity index (χ2n) is 5.87. The van der Waals surface area contributed by atoms with Gasteiger partial charge in [0, 0.05) is 22.8 Å². The molecule has 2 heterocycles. The highest BCUT2D eigenvalue weighted by Gasteiger charge is 2.31. The van der Waals surface area contributed by atoms with Crippen molar-refractivity contribution < 1.29 is 23.0 Å². The van der Waals surface area contributed by atoms with Gasteiger partial charge in [-0.25, -0.2) is 15.0 Å². The molecule has 10 heteroatoms. The Hall–Kier alpha value is -2.72. The average molecular weight is 410 g/mol. The molecule has 0 atom stereocenters. The molecule has 3 rings (SSSR count). The molecule has 0 spiro atoms. The summed E-state index contributed by atoms with van der Waals surface area (Å²) >= 11 is 1.48. The van der Waals surface area contributed by atoms with Gasteiger partial charge in [0.1, 0.15) is 23.1 Å². The molecule has 0 radical (unpaired) electrons. The van der Waals surface area contributed by atoms with Crippen molar-refractivity contribution in [2.24, 2.45) is 0 Å². The standard InChI is InChI=1S/C18H17F3N4O2S/c1-10-11(2)28-16(23-10)15-3-4-22-17(25-15)24-13-7-12(18(19,20)21)8-14(9-13)27-6-5-26/h3-4,7-9,26H,5-6H2,1-2H3,(H,22,24,25). The van der Waals surface area contributed by atoms with E-state index in [0.29, 0.717) is 10.7 Å². The van der Waals surface area contributed by atoms with Gasteiger partial charge in [-0.3, -0.25) is 0 Å². The summed E-state index contributed by atoms with van der Waals surface area (Å²) in [5.74, 6) is 0.115. The first-order valence-electron chi connectivity index (χ1n) is 8.26. The number of aliphatic hydroxyl groups excluding tert-OH is 1. The quantitative estimate of drug-likeness (QED) is 0.629. The maximum atomic E-state index is 13.2. The number of aromatic nitrogens is 3. The zero-order valence-corrected chi connectivity index (χ0v) is 15.9. The van der Waals surface area contributed by atoms with Gasteiger partial charge in [0.05, 0.1) is 17.9 Å². The minimum Gasteiger partial charge on any atom is -0.491 e. The summed E-state index contributed by atoms with van der Waals surface area (Å²) in [4.78, 5) is 13.9. The van der Waals surface area contributed by atoms with Gasteiger partial charge in [-0.2, -0.15) is 13.2 Å². The van der Waals surface area contributed by atoms with E-state index in [1.54, 1.807) is 6.07 Å². The number of hydrogen-bond acceptors (Lipinski definition) is 7. The Bertz CT molecular complexity index is 956. The monoisotopic (exact) mass is 410 g/mol. The largest absolute Gasteiger partial charge is 0.491 e. The number of thiazole rings is 1. The van der Waals surface area contributed by atoms with E-state index in [4.69, 9.17) is 9.84 Å². The topological polar surface area (TPSA) is 80.2 Å². The Morgan fingerprint density at radius 3 is 2.61 bits per heavy atom. The first-order chi connectivity index (χ1) is 13.3. The molecule has 1 aromatic carbocycles. The van der Waals surface area contributed by atoms with Crippen LogP contribution in [-0.4, -0.2) is 33.3 Å². The lowest BCUT2D eigenvalue weighted by atomic mass is 10.2. The van der Waals surface area contributed by atoms with Crippen molar-refractivity contribution in [2.45, 2.75) is 20.0 Å². The number of halogens is 3. The van der Waals surface area contributed by atoms with Gasteiger partial charge in [-0.1, -0.05) is 0 Å². The third-order valence-electron chi connectivity index (χ3n) is 3.75. The molecule has 0 aliphatic heterocycles. The lowest BCUT2D eigenvalue weighted by molar-refractivity contribution is -0.137. The molecule has 2 aromatic heterocycles. The van der Waals surface area contributed by atoms with Gasteiger partial charge in [0.2, 0.25) is 5.95 Å². The molecule has 0 aliphatic carbocycles. The number of anilines is 2. The number of aryl methyl sites for hydroxylation is 2. The van der Waals surface area contributed by atoms with Gasteiger partial charge in [-0.15, -0.1) is 11.3 Å². The second-order valence-corrected chi connectivity index (χ2v) is 7.07. The Morgan fingerprint density at radius 1 is 1.18 bits per heavy atom. The van der Waals surface area contributed by atoms with Gasteiger partial charge in [0.15, 0.2) is 0 Å². The zero-order chi connectivity index (χ0) is 20.3. The molecule has 0 bridgehead atoms. The zero-order valence-electron chi connectivity index (χ0n) is 15.0. The summed E-state index contributed by atoms with van der Waals surface area (Å²) in [6.07, 6.45) is -3.04. The first kappa shape index (κ1) is 20.0. The maximum Gasteiger partial charge on any atom is 0.416 e. The highest BCUT2D eigenvalue weighted by atomic mass is 32.1. The maximum absolute atomic E-state index is 13.2. The van der Waals surface area contributed by atoms with Crippen LogP contribution in [0.3, 0.4) is 0 Å². The molecule has 0 saturated carbocycles. The predicted octanol–water partition coefficient (Wildman–Crippen LogP) is 4.35. The van der Waals surface area contributed by atoms with Crippen LogP contribution in [0.25, 0.3) is 10.7 Å². The van der Waals surface area contributed by atoms with Gasteiger partial charge in [-0.05, 0) is 32.0 Å². The summed E-state index contributed by atoms with van der Waals surface area (Å²) < 4.78 is 44.6. The Balaban J connectivity index is 1.91. The molecule has 2 N–H and O–H groups in total. The molecule has 0 fully saturated rings. The summed E-state index contributed by atoms with van der Waals surface area (Å²) in [6.45, 7) is 3.42. The number of nitrogens with zero attached hydrogens (tertiary/aromatic N) is 3. The third-order valence-corrected chi connectivity index (χ3v) is 4.85. The van der Waals surface area contributed by atoms with Crippen LogP contribution in [0.15, 0.2) is 30.5 Å². The summed E-state index contributed by atoms with van der Waals surface area (Å²) in [7, 11) is 0. The summed E-state index contributed by atoms with van der Waals surface area (Å²) in [5.41, 5.74) is 0.707. The minimum absolute atomic E-state index is 0.0197. The molecule has 0 aliphatic rings. The molecule has 148 valence electrons. The number of nitrogens with one attached hydrogen (secondary N) is 1. The smallest absolute Gasteiger partial charge is 0.416 e. The highest BCUT2D eigenvalue weighted by molar-refractivity contribution is 7.15. The van der Waals surface area contributed by atoms with E-state index in [9.17, 15) is 13.2 Å². The van der Waals surface area contributed by atoms with E-state index in [-0.39, 0.29) is 30.6 Å². The molecule has 6 nitrogen and oxygen atoms in total. The fourth-order valence-electron chi connectivity index (χ4n) is 2.33. The van der Waals surface area contributed by atoms with Crippen molar-refractivity contribution in [1.29, 1.82) is 0 Å². The van der Waals surface area contributed by atoms with Gasteiger partial charge >= 0.3 is 6.18 Å². The fourth-order valence-corrected chi connectivity index (χ4v) is 3.22. The van der Waals surface area contributed by atoms with Crippen LogP contribution >= 0.6 is 11.3 Å². The van der Waals surface area contributed by atoms with E-state index in [1.807, 2.05) is 13.8 Å². The molecule has 0 saturated heterocycles. The van der Waals surface area contributed by atoms with Crippen LogP contribution in [0.4, 0.5) is 24.8 Å². The van der Waals surface area contributed by atoms with E-state index < -0.39 is 11.7 Å². The van der Waals surface area contributed by atoms with E-state index >= 15 is 0 Å². The van der Waals surface area contributed by atoms with Gasteiger partial charge in [0.25, 0.3) is 0 Å². The van der Waals surface area contributed by atoms with Crippen molar-refractivity contribution in [3.05, 3.63) is 46.6 Å². The first-order valence-corrected chi connectivity index (χ1v) is 9.08. The SMILES string of the molecule is Cc1nc(-c2ccnc(Nc3cc(OCCO)cc(C(F)(F)F)c3)n2)sc1C. The van der Waals surface area contributed by atoms with Crippen molar-refractivity contribution >= 4 is 23.0 Å². The summed E-state index contributed by atoms with van der Waals surface area (Å²) in [6, 6.07) is 4.89. The normalized spacial score (nSPS) is 11.5. The van der Waals surface area contributed by atoms with E-state index in [1.165, 1.54) is 23.6 Å². The van der Waals surface area contributed by atoms with Crippen molar-refractivity contribution in [2.75, 3.05) is 18.5 Å². The number of benzene rings is 1. The third kappa shape index (κ3) is 4.76. The fraction of sp³-hybridized carbons (Fsp3) is 0.278. The Labute approximate surface area is 163 Å². The van der Waals surface area contributed by atoms with Crippen LogP contribution in [0.2, 0.25) is 0 Å². The van der Waals surface area contributed by atoms with Crippen LogP contribution < -0.4 is 10.1 Å². The Kier molecular flexibility index (Phi) is 5.80. The van der Waals surface area contributed by atoms with Crippen molar-refractivity contribution in [1.82, 2.24) is 15.0 Å². The van der Waals surface area contributed by atoms with E-state index in [2.05, 4.69) is 20.3 Å². The van der Waals surface area contributed by atoms with Crippen molar-refractivity contribution in [3.63, 3.8) is 0 Å². The second kappa shape index (κ2) is 8.11. The van der Waals surface area contributed by atoms with Crippen molar-refractivity contribution in [3.8, 4) is 16.5 Å². The lowest BCUT2D eigenvalue weighted by Crippen LogP contribution is -2.08. The molecular formula is C18H17F3N4O2S. The molecular weight excluding hydrogens is 393 g/mol. The molecule has 0 unspecified atom stereocenters. The van der Waals surface area contributed by atoms with Crippen LogP contribution in [0.5, 0.6) is 5.75 Å². The number of rotatable bonds is 6. The van der Waals surface area contributed by atoms with Crippen LogP contribution in [0.1, 0.15) is 16.1 Å².